The van der Waals surface area contributed by atoms with E-state index in [9.17, 15) is 8.42 Å². The highest BCUT2D eigenvalue weighted by Gasteiger charge is 2.20. The van der Waals surface area contributed by atoms with Crippen molar-refractivity contribution in [2.24, 2.45) is 0 Å². The van der Waals surface area contributed by atoms with Gasteiger partial charge in [0.1, 0.15) is 0 Å². The third-order valence-corrected chi connectivity index (χ3v) is 5.56. The van der Waals surface area contributed by atoms with E-state index in [1.165, 1.54) is 29.7 Å². The van der Waals surface area contributed by atoms with Crippen LogP contribution in [0.2, 0.25) is 5.02 Å². The Bertz CT molecular complexity index is 730. The molecule has 3 N–H and O–H groups in total. The molecule has 1 heterocycles. The maximum absolute atomic E-state index is 12.3. The summed E-state index contributed by atoms with van der Waals surface area (Å²) >= 11 is 10.2. The first-order valence-electron chi connectivity index (χ1n) is 4.99. The number of benzene rings is 1. The van der Waals surface area contributed by atoms with E-state index in [-0.39, 0.29) is 15.0 Å². The minimum Gasteiger partial charge on any atom is -0.398 e. The number of nitrogens with two attached hydrogens (primary N) is 1. The number of halogens is 2. The molecule has 0 unspecified atom stereocenters. The van der Waals surface area contributed by atoms with E-state index >= 15 is 0 Å². The molecule has 0 fully saturated rings. The minimum atomic E-state index is -3.76. The van der Waals surface area contributed by atoms with E-state index in [0.717, 1.165) is 3.79 Å². The predicted octanol–water partition coefficient (Wildman–Crippen LogP) is 3.25. The van der Waals surface area contributed by atoms with Gasteiger partial charge in [-0.15, -0.1) is 0 Å². The van der Waals surface area contributed by atoms with Crippen LogP contribution in [0.3, 0.4) is 0 Å². The Morgan fingerprint density at radius 2 is 2.16 bits per heavy atom. The molecule has 0 spiro atoms. The van der Waals surface area contributed by atoms with Crippen molar-refractivity contribution in [1.82, 2.24) is 4.98 Å². The van der Waals surface area contributed by atoms with Gasteiger partial charge in [-0.3, -0.25) is 4.72 Å². The lowest BCUT2D eigenvalue weighted by Gasteiger charge is -2.10. The monoisotopic (exact) mass is 381 g/mol. The van der Waals surface area contributed by atoms with Crippen molar-refractivity contribution in [3.8, 4) is 0 Å². The van der Waals surface area contributed by atoms with Crippen molar-refractivity contribution in [3.05, 3.63) is 32.7 Å². The fraction of sp³-hybridized carbons (Fsp3) is 0.100. The zero-order valence-corrected chi connectivity index (χ0v) is 13.6. The molecule has 2 aromatic rings. The third-order valence-electron chi connectivity index (χ3n) is 2.35. The van der Waals surface area contributed by atoms with Gasteiger partial charge in [-0.1, -0.05) is 22.9 Å². The van der Waals surface area contributed by atoms with Crippen molar-refractivity contribution < 1.29 is 8.42 Å². The van der Waals surface area contributed by atoms with Crippen molar-refractivity contribution in [3.63, 3.8) is 0 Å². The molecule has 0 amide bonds. The molecule has 19 heavy (non-hydrogen) atoms. The van der Waals surface area contributed by atoms with E-state index in [2.05, 4.69) is 25.6 Å². The van der Waals surface area contributed by atoms with Crippen molar-refractivity contribution in [2.45, 2.75) is 11.8 Å². The summed E-state index contributed by atoms with van der Waals surface area (Å²) in [5, 5.41) is 0.536. The van der Waals surface area contributed by atoms with E-state index in [1.54, 1.807) is 6.92 Å². The molecule has 0 bridgehead atoms. The van der Waals surface area contributed by atoms with Gasteiger partial charge in [-0.2, -0.15) is 0 Å². The van der Waals surface area contributed by atoms with Gasteiger partial charge in [-0.25, -0.2) is 13.4 Å². The Morgan fingerprint density at radius 3 is 2.74 bits per heavy atom. The van der Waals surface area contributed by atoms with Crippen LogP contribution in [0.15, 0.2) is 27.0 Å². The number of rotatable bonds is 3. The molecule has 1 aromatic carbocycles. The topological polar surface area (TPSA) is 85.1 Å². The SMILES string of the molecule is Cc1c(N)cc(Cl)cc1S(=O)(=O)Nc1ncc(Br)s1. The highest BCUT2D eigenvalue weighted by molar-refractivity contribution is 9.11. The normalized spacial score (nSPS) is 11.5. The van der Waals surface area contributed by atoms with Crippen LogP contribution in [-0.4, -0.2) is 13.4 Å². The molecule has 0 aliphatic heterocycles. The summed E-state index contributed by atoms with van der Waals surface area (Å²) in [6.45, 7) is 1.62. The molecule has 0 aliphatic carbocycles. The largest absolute Gasteiger partial charge is 0.398 e. The smallest absolute Gasteiger partial charge is 0.264 e. The predicted molar refractivity (Wildman–Crippen MR) is 81.2 cm³/mol. The van der Waals surface area contributed by atoms with E-state index in [4.69, 9.17) is 17.3 Å². The molecule has 102 valence electrons. The average Bonchev–Trinajstić information content (AvgIpc) is 2.68. The maximum Gasteiger partial charge on any atom is 0.264 e. The first-order valence-corrected chi connectivity index (χ1v) is 8.46. The summed E-state index contributed by atoms with van der Waals surface area (Å²) in [5.41, 5.74) is 6.50. The zero-order valence-electron chi connectivity index (χ0n) is 9.65. The highest BCUT2D eigenvalue weighted by Crippen LogP contribution is 2.29. The molecule has 0 aliphatic rings. The molecule has 0 atom stereocenters. The van der Waals surface area contributed by atoms with Crippen LogP contribution in [0, 0.1) is 6.92 Å². The molecule has 5 nitrogen and oxygen atoms in total. The molecule has 0 saturated heterocycles. The Morgan fingerprint density at radius 1 is 1.47 bits per heavy atom. The summed E-state index contributed by atoms with van der Waals surface area (Å²) in [6.07, 6.45) is 1.52. The number of nitrogens with one attached hydrogen (secondary N) is 1. The average molecular weight is 383 g/mol. The van der Waals surface area contributed by atoms with Crippen LogP contribution < -0.4 is 10.5 Å². The molecular weight excluding hydrogens is 374 g/mol. The molecule has 1 aromatic heterocycles. The number of hydrogen-bond donors (Lipinski definition) is 2. The minimum absolute atomic E-state index is 0.0452. The van der Waals surface area contributed by atoms with Gasteiger partial charge in [0.05, 0.1) is 14.9 Å². The molecule has 9 heteroatoms. The number of sulfonamides is 1. The Balaban J connectivity index is 2.45. The van der Waals surface area contributed by atoms with Crippen molar-refractivity contribution in [1.29, 1.82) is 0 Å². The van der Waals surface area contributed by atoms with Gasteiger partial charge in [0.15, 0.2) is 5.13 Å². The quantitative estimate of drug-likeness (QED) is 0.798. The van der Waals surface area contributed by atoms with Gasteiger partial charge in [0.25, 0.3) is 10.0 Å². The van der Waals surface area contributed by atoms with E-state index < -0.39 is 10.0 Å². The Labute approximate surface area is 128 Å². The number of thiazole rings is 1. The van der Waals surface area contributed by atoms with Crippen LogP contribution >= 0.6 is 38.9 Å². The zero-order chi connectivity index (χ0) is 14.2. The second-order valence-electron chi connectivity index (χ2n) is 3.69. The molecule has 0 radical (unpaired) electrons. The molecule has 0 saturated carbocycles. The van der Waals surface area contributed by atoms with Crippen LogP contribution in [0.1, 0.15) is 5.56 Å². The first kappa shape index (κ1) is 14.6. The van der Waals surface area contributed by atoms with Crippen molar-refractivity contribution in [2.75, 3.05) is 10.5 Å². The Hall–Kier alpha value is -0.830. The summed E-state index contributed by atoms with van der Waals surface area (Å²) in [7, 11) is -3.76. The van der Waals surface area contributed by atoms with Gasteiger partial charge in [0.2, 0.25) is 0 Å². The van der Waals surface area contributed by atoms with Gasteiger partial charge in [-0.05, 0) is 40.5 Å². The highest BCUT2D eigenvalue weighted by atomic mass is 79.9. The first-order chi connectivity index (χ1) is 8.79. The van der Waals surface area contributed by atoms with Crippen LogP contribution in [0.4, 0.5) is 10.8 Å². The van der Waals surface area contributed by atoms with Crippen LogP contribution in [0.5, 0.6) is 0 Å². The van der Waals surface area contributed by atoms with Gasteiger partial charge < -0.3 is 5.73 Å². The van der Waals surface area contributed by atoms with Crippen molar-refractivity contribution >= 4 is 59.7 Å². The van der Waals surface area contributed by atoms with Gasteiger partial charge >= 0.3 is 0 Å². The van der Waals surface area contributed by atoms with Crippen LogP contribution in [-0.2, 0) is 10.0 Å². The fourth-order valence-corrected chi connectivity index (χ4v) is 4.37. The molecule has 2 rings (SSSR count). The number of nitrogens with zero attached hydrogens (tertiary/aromatic N) is 1. The number of aromatic nitrogens is 1. The second-order valence-corrected chi connectivity index (χ2v) is 8.19. The van der Waals surface area contributed by atoms with Gasteiger partial charge in [0, 0.05) is 10.7 Å². The summed E-state index contributed by atoms with van der Waals surface area (Å²) in [4.78, 5) is 3.96. The number of hydrogen-bond acceptors (Lipinski definition) is 5. The van der Waals surface area contributed by atoms with E-state index in [0.29, 0.717) is 11.3 Å². The lowest BCUT2D eigenvalue weighted by molar-refractivity contribution is 0.600. The lowest BCUT2D eigenvalue weighted by Crippen LogP contribution is -2.14. The maximum atomic E-state index is 12.3. The number of anilines is 2. The lowest BCUT2D eigenvalue weighted by atomic mass is 10.2. The second kappa shape index (κ2) is 5.28. The van der Waals surface area contributed by atoms with Crippen LogP contribution in [0.25, 0.3) is 0 Å². The van der Waals surface area contributed by atoms with E-state index in [1.807, 2.05) is 0 Å². The number of nitrogen functional groups attached to an aromatic ring is 1. The molecular formula is C10H9BrClN3O2S2. The fourth-order valence-electron chi connectivity index (χ4n) is 1.42. The third kappa shape index (κ3) is 3.19. The summed E-state index contributed by atoms with van der Waals surface area (Å²) in [6, 6.07) is 2.87. The summed E-state index contributed by atoms with van der Waals surface area (Å²) < 4.78 is 27.6. The Kier molecular flexibility index (Phi) is 4.05. The standard InChI is InChI=1S/C10H9BrClN3O2S2/c1-5-7(13)2-6(12)3-8(5)19(16,17)15-10-14-4-9(11)18-10/h2-4H,13H2,1H3,(H,14,15). The summed E-state index contributed by atoms with van der Waals surface area (Å²) in [5.74, 6) is 0.